The molecule has 4 nitrogen and oxygen atoms in total. The molecule has 26 heavy (non-hydrogen) atoms. The SMILES string of the molecule is O=C(OCCOc1ccnc2ccccc12)C1CCC(C(F)(F)F)CC1. The van der Waals surface area contributed by atoms with Gasteiger partial charge in [0, 0.05) is 11.6 Å². The molecule has 1 saturated carbocycles. The Morgan fingerprint density at radius 1 is 1.08 bits per heavy atom. The molecule has 0 bridgehead atoms. The minimum absolute atomic E-state index is 0.0111. The fourth-order valence-corrected chi connectivity index (χ4v) is 3.26. The van der Waals surface area contributed by atoms with Crippen LogP contribution in [-0.2, 0) is 9.53 Å². The van der Waals surface area contributed by atoms with E-state index >= 15 is 0 Å². The van der Waals surface area contributed by atoms with E-state index < -0.39 is 24.0 Å². The van der Waals surface area contributed by atoms with Gasteiger partial charge >= 0.3 is 12.1 Å². The molecule has 0 saturated heterocycles. The Bertz CT molecular complexity index is 750. The number of alkyl halides is 3. The molecule has 0 N–H and O–H groups in total. The Morgan fingerprint density at radius 3 is 2.54 bits per heavy atom. The molecule has 0 unspecified atom stereocenters. The van der Waals surface area contributed by atoms with Gasteiger partial charge in [0.05, 0.1) is 17.4 Å². The van der Waals surface area contributed by atoms with Crippen LogP contribution in [0.25, 0.3) is 10.9 Å². The van der Waals surface area contributed by atoms with Gasteiger partial charge in [-0.25, -0.2) is 0 Å². The van der Waals surface area contributed by atoms with E-state index in [4.69, 9.17) is 9.47 Å². The number of aromatic nitrogens is 1. The monoisotopic (exact) mass is 367 g/mol. The first-order valence-corrected chi connectivity index (χ1v) is 8.65. The van der Waals surface area contributed by atoms with Gasteiger partial charge in [0.2, 0.25) is 0 Å². The summed E-state index contributed by atoms with van der Waals surface area (Å²) >= 11 is 0. The van der Waals surface area contributed by atoms with Crippen molar-refractivity contribution in [2.45, 2.75) is 31.9 Å². The van der Waals surface area contributed by atoms with Gasteiger partial charge in [0.25, 0.3) is 0 Å². The molecule has 0 spiro atoms. The van der Waals surface area contributed by atoms with E-state index in [1.54, 1.807) is 12.3 Å². The Hall–Kier alpha value is -2.31. The van der Waals surface area contributed by atoms with Crippen LogP contribution < -0.4 is 4.74 Å². The van der Waals surface area contributed by atoms with Crippen molar-refractivity contribution in [1.82, 2.24) is 4.98 Å². The molecule has 1 aromatic heterocycles. The quantitative estimate of drug-likeness (QED) is 0.576. The van der Waals surface area contributed by atoms with E-state index in [1.807, 2.05) is 24.3 Å². The maximum atomic E-state index is 12.7. The molecule has 1 aliphatic carbocycles. The summed E-state index contributed by atoms with van der Waals surface area (Å²) in [6, 6.07) is 9.27. The highest BCUT2D eigenvalue weighted by Crippen LogP contribution is 2.39. The van der Waals surface area contributed by atoms with E-state index in [1.165, 1.54) is 0 Å². The summed E-state index contributed by atoms with van der Waals surface area (Å²) in [5, 5.41) is 0.867. The van der Waals surface area contributed by atoms with Crippen LogP contribution in [0.4, 0.5) is 13.2 Å². The number of esters is 1. The molecular formula is C19H20F3NO3. The summed E-state index contributed by atoms with van der Waals surface area (Å²) < 4.78 is 48.8. The number of rotatable bonds is 5. The van der Waals surface area contributed by atoms with Gasteiger partial charge in [-0.2, -0.15) is 13.2 Å². The second kappa shape index (κ2) is 7.93. The Kier molecular flexibility index (Phi) is 5.64. The number of fused-ring (bicyclic) bond motifs is 1. The summed E-state index contributed by atoms with van der Waals surface area (Å²) in [5.41, 5.74) is 0.809. The topological polar surface area (TPSA) is 48.4 Å². The molecule has 7 heteroatoms. The molecule has 1 heterocycles. The largest absolute Gasteiger partial charge is 0.489 e. The van der Waals surface area contributed by atoms with Gasteiger partial charge in [-0.05, 0) is 43.9 Å². The minimum atomic E-state index is -4.17. The Balaban J connectivity index is 1.43. The summed E-state index contributed by atoms with van der Waals surface area (Å²) in [5.74, 6) is -1.53. The van der Waals surface area contributed by atoms with Crippen LogP contribution in [0.15, 0.2) is 36.5 Å². The molecule has 1 fully saturated rings. The number of carbonyl (C=O) groups is 1. The number of carbonyl (C=O) groups excluding carboxylic acids is 1. The van der Waals surface area contributed by atoms with E-state index in [-0.39, 0.29) is 38.9 Å². The smallest absolute Gasteiger partial charge is 0.391 e. The number of para-hydroxylation sites is 1. The van der Waals surface area contributed by atoms with Crippen LogP contribution in [0.1, 0.15) is 25.7 Å². The second-order valence-electron chi connectivity index (χ2n) is 6.43. The first-order chi connectivity index (χ1) is 12.4. The Morgan fingerprint density at radius 2 is 1.81 bits per heavy atom. The van der Waals surface area contributed by atoms with Crippen molar-refractivity contribution in [3.63, 3.8) is 0 Å². The number of hydrogen-bond acceptors (Lipinski definition) is 4. The van der Waals surface area contributed by atoms with Crippen molar-refractivity contribution >= 4 is 16.9 Å². The average molecular weight is 367 g/mol. The normalized spacial score (nSPS) is 20.7. The average Bonchev–Trinajstić information content (AvgIpc) is 2.64. The third-order valence-corrected chi connectivity index (χ3v) is 4.72. The number of ether oxygens (including phenoxy) is 2. The lowest BCUT2D eigenvalue weighted by molar-refractivity contribution is -0.186. The van der Waals surface area contributed by atoms with Crippen molar-refractivity contribution in [1.29, 1.82) is 0 Å². The number of halogens is 3. The predicted molar refractivity (Wildman–Crippen MR) is 89.7 cm³/mol. The van der Waals surface area contributed by atoms with Crippen LogP contribution in [0.5, 0.6) is 5.75 Å². The van der Waals surface area contributed by atoms with Gasteiger partial charge < -0.3 is 9.47 Å². The number of benzene rings is 1. The molecule has 0 amide bonds. The fourth-order valence-electron chi connectivity index (χ4n) is 3.26. The molecular weight excluding hydrogens is 347 g/mol. The molecule has 3 rings (SSSR count). The minimum Gasteiger partial charge on any atom is -0.489 e. The maximum absolute atomic E-state index is 12.7. The van der Waals surface area contributed by atoms with Crippen LogP contribution in [0, 0.1) is 11.8 Å². The van der Waals surface area contributed by atoms with E-state index in [2.05, 4.69) is 4.98 Å². The second-order valence-corrected chi connectivity index (χ2v) is 6.43. The van der Waals surface area contributed by atoms with Gasteiger partial charge in [-0.15, -0.1) is 0 Å². The Labute approximate surface area is 149 Å². The van der Waals surface area contributed by atoms with Crippen molar-refractivity contribution in [3.8, 4) is 5.75 Å². The summed E-state index contributed by atoms with van der Waals surface area (Å²) in [7, 11) is 0. The molecule has 0 radical (unpaired) electrons. The molecule has 1 aromatic carbocycles. The van der Waals surface area contributed by atoms with Crippen LogP contribution in [0.2, 0.25) is 0 Å². The highest BCUT2D eigenvalue weighted by atomic mass is 19.4. The van der Waals surface area contributed by atoms with Gasteiger partial charge in [0.15, 0.2) is 0 Å². The van der Waals surface area contributed by atoms with Gasteiger partial charge in [-0.1, -0.05) is 12.1 Å². The van der Waals surface area contributed by atoms with Crippen LogP contribution in [0.3, 0.4) is 0 Å². The van der Waals surface area contributed by atoms with Crippen molar-refractivity contribution < 1.29 is 27.4 Å². The third-order valence-electron chi connectivity index (χ3n) is 4.72. The number of pyridine rings is 1. The molecule has 0 aliphatic heterocycles. The lowest BCUT2D eigenvalue weighted by Crippen LogP contribution is -2.31. The van der Waals surface area contributed by atoms with Crippen LogP contribution >= 0.6 is 0 Å². The standard InChI is InChI=1S/C19H20F3NO3/c20-19(21,22)14-7-5-13(6-8-14)18(24)26-12-11-25-17-9-10-23-16-4-2-1-3-15(16)17/h1-4,9-10,13-14H,5-8,11-12H2. The summed E-state index contributed by atoms with van der Waals surface area (Å²) in [6.07, 6.45) is -2.11. The zero-order chi connectivity index (χ0) is 18.6. The highest BCUT2D eigenvalue weighted by molar-refractivity contribution is 5.84. The zero-order valence-electron chi connectivity index (χ0n) is 14.2. The molecule has 0 atom stereocenters. The van der Waals surface area contributed by atoms with Crippen molar-refractivity contribution in [3.05, 3.63) is 36.5 Å². The summed E-state index contributed by atoms with van der Waals surface area (Å²) in [4.78, 5) is 16.2. The fraction of sp³-hybridized carbons (Fsp3) is 0.474. The van der Waals surface area contributed by atoms with Crippen LogP contribution in [-0.4, -0.2) is 30.3 Å². The molecule has 1 aliphatic rings. The number of hydrogen-bond donors (Lipinski definition) is 0. The lowest BCUT2D eigenvalue weighted by Gasteiger charge is -2.28. The zero-order valence-corrected chi connectivity index (χ0v) is 14.2. The van der Waals surface area contributed by atoms with Crippen molar-refractivity contribution in [2.75, 3.05) is 13.2 Å². The van der Waals surface area contributed by atoms with E-state index in [9.17, 15) is 18.0 Å². The van der Waals surface area contributed by atoms with Gasteiger partial charge in [0.1, 0.15) is 19.0 Å². The van der Waals surface area contributed by atoms with E-state index in [0.29, 0.717) is 5.75 Å². The highest BCUT2D eigenvalue weighted by Gasteiger charge is 2.42. The number of nitrogens with zero attached hydrogens (tertiary/aromatic N) is 1. The first kappa shape index (κ1) is 18.5. The van der Waals surface area contributed by atoms with Gasteiger partial charge in [-0.3, -0.25) is 9.78 Å². The van der Waals surface area contributed by atoms with Crippen molar-refractivity contribution in [2.24, 2.45) is 11.8 Å². The maximum Gasteiger partial charge on any atom is 0.391 e. The third kappa shape index (κ3) is 4.45. The molecule has 140 valence electrons. The first-order valence-electron chi connectivity index (χ1n) is 8.65. The molecule has 2 aromatic rings. The predicted octanol–water partition coefficient (Wildman–Crippen LogP) is 4.53. The summed E-state index contributed by atoms with van der Waals surface area (Å²) in [6.45, 7) is 0.242. The van der Waals surface area contributed by atoms with E-state index in [0.717, 1.165) is 10.9 Å². The lowest BCUT2D eigenvalue weighted by atomic mass is 9.82.